The summed E-state index contributed by atoms with van der Waals surface area (Å²) < 4.78 is 7.13. The minimum atomic E-state index is -0.123. The number of hydrogen-bond donors (Lipinski definition) is 2. The van der Waals surface area contributed by atoms with E-state index in [1.54, 1.807) is 12.3 Å². The van der Waals surface area contributed by atoms with Gasteiger partial charge in [-0.2, -0.15) is 0 Å². The summed E-state index contributed by atoms with van der Waals surface area (Å²) in [5, 5.41) is 5.75. The Morgan fingerprint density at radius 3 is 2.70 bits per heavy atom. The van der Waals surface area contributed by atoms with Gasteiger partial charge in [-0.3, -0.25) is 9.59 Å². The number of imidazole rings is 1. The van der Waals surface area contributed by atoms with Crippen LogP contribution < -0.4 is 10.6 Å². The molecule has 27 heavy (non-hydrogen) atoms. The maximum absolute atomic E-state index is 12.4. The highest BCUT2D eigenvalue weighted by Crippen LogP contribution is 2.16. The molecule has 0 aliphatic heterocycles. The van der Waals surface area contributed by atoms with Gasteiger partial charge in [-0.25, -0.2) is 4.98 Å². The fraction of sp³-hybridized carbons (Fsp3) is 0.350. The molecule has 2 N–H and O–H groups in total. The monoisotopic (exact) mass is 368 g/mol. The number of fused-ring (bicyclic) bond motifs is 1. The molecule has 0 fully saturated rings. The van der Waals surface area contributed by atoms with E-state index >= 15 is 0 Å². The molecule has 142 valence electrons. The van der Waals surface area contributed by atoms with Crippen molar-refractivity contribution < 1.29 is 14.0 Å². The molecule has 0 bridgehead atoms. The summed E-state index contributed by atoms with van der Waals surface area (Å²) in [5.41, 5.74) is 1.73. The molecule has 0 radical (unpaired) electrons. The molecule has 7 heteroatoms. The van der Waals surface area contributed by atoms with Crippen LogP contribution in [0.1, 0.15) is 25.4 Å². The van der Waals surface area contributed by atoms with Gasteiger partial charge in [-0.1, -0.05) is 26.0 Å². The largest absolute Gasteiger partial charge is 0.467 e. The van der Waals surface area contributed by atoms with Crippen molar-refractivity contribution in [1.82, 2.24) is 20.2 Å². The molecule has 2 heterocycles. The zero-order valence-electron chi connectivity index (χ0n) is 15.6. The maximum atomic E-state index is 12.4. The van der Waals surface area contributed by atoms with Crippen LogP contribution >= 0.6 is 0 Å². The number of nitrogens with one attached hydrogen (secondary N) is 2. The van der Waals surface area contributed by atoms with Crippen LogP contribution in [0.2, 0.25) is 0 Å². The van der Waals surface area contributed by atoms with Gasteiger partial charge in [-0.15, -0.1) is 0 Å². The van der Waals surface area contributed by atoms with Crippen LogP contribution in [0.15, 0.2) is 47.1 Å². The minimum Gasteiger partial charge on any atom is -0.467 e. The molecular weight excluding hydrogens is 344 g/mol. The zero-order chi connectivity index (χ0) is 19.2. The Morgan fingerprint density at radius 1 is 1.15 bits per heavy atom. The smallest absolute Gasteiger partial charge is 0.240 e. The second-order valence-electron chi connectivity index (χ2n) is 6.65. The molecule has 0 unspecified atom stereocenters. The van der Waals surface area contributed by atoms with Crippen molar-refractivity contribution >= 4 is 22.8 Å². The van der Waals surface area contributed by atoms with E-state index in [1.165, 1.54) is 0 Å². The number of furan rings is 1. The molecular formula is C20H24N4O3. The molecule has 0 aliphatic rings. The van der Waals surface area contributed by atoms with Crippen LogP contribution in [0.4, 0.5) is 0 Å². The lowest BCUT2D eigenvalue weighted by molar-refractivity contribution is -0.124. The van der Waals surface area contributed by atoms with Crippen LogP contribution in [0, 0.1) is 5.92 Å². The first-order valence-corrected chi connectivity index (χ1v) is 9.05. The first-order chi connectivity index (χ1) is 13.0. The number of hydrogen-bond acceptors (Lipinski definition) is 4. The van der Waals surface area contributed by atoms with Gasteiger partial charge in [0.15, 0.2) is 0 Å². The van der Waals surface area contributed by atoms with E-state index in [1.807, 2.05) is 48.7 Å². The third-order valence-electron chi connectivity index (χ3n) is 4.25. The standard InChI is InChI=1S/C20H24N4O3/c1-14(2)20(26)21-10-9-18-23-16-7-3-4-8-17(16)24(18)13-19(25)22-12-15-6-5-11-27-15/h3-8,11,14H,9-10,12-13H2,1-2H3,(H,21,26)(H,22,25). The molecule has 3 rings (SSSR count). The van der Waals surface area contributed by atoms with E-state index in [2.05, 4.69) is 15.6 Å². The Labute approximate surface area is 157 Å². The third kappa shape index (κ3) is 4.75. The first kappa shape index (κ1) is 18.7. The van der Waals surface area contributed by atoms with Gasteiger partial charge in [0.25, 0.3) is 0 Å². The molecule has 7 nitrogen and oxygen atoms in total. The number of para-hydroxylation sites is 2. The summed E-state index contributed by atoms with van der Waals surface area (Å²) in [7, 11) is 0. The molecule has 0 aliphatic carbocycles. The number of carbonyl (C=O) groups is 2. The zero-order valence-corrected chi connectivity index (χ0v) is 15.6. The molecule has 3 aromatic rings. The normalized spacial score (nSPS) is 11.1. The number of nitrogens with zero attached hydrogens (tertiary/aromatic N) is 2. The van der Waals surface area contributed by atoms with Gasteiger partial charge in [0.1, 0.15) is 18.1 Å². The van der Waals surface area contributed by atoms with Gasteiger partial charge in [-0.05, 0) is 24.3 Å². The second kappa shape index (κ2) is 8.53. The predicted molar refractivity (Wildman–Crippen MR) is 102 cm³/mol. The SMILES string of the molecule is CC(C)C(=O)NCCc1nc2ccccc2n1CC(=O)NCc1ccco1. The van der Waals surface area contributed by atoms with Crippen LogP contribution in [-0.4, -0.2) is 27.9 Å². The van der Waals surface area contributed by atoms with E-state index in [4.69, 9.17) is 4.42 Å². The lowest BCUT2D eigenvalue weighted by atomic mass is 10.2. The minimum absolute atomic E-state index is 0.00820. The van der Waals surface area contributed by atoms with Gasteiger partial charge in [0.05, 0.1) is 23.8 Å². The topological polar surface area (TPSA) is 89.2 Å². The number of benzene rings is 1. The van der Waals surface area contributed by atoms with Crippen molar-refractivity contribution in [3.8, 4) is 0 Å². The summed E-state index contributed by atoms with van der Waals surface area (Å²) in [6.07, 6.45) is 2.13. The number of rotatable bonds is 8. The van der Waals surface area contributed by atoms with Crippen molar-refractivity contribution in [2.45, 2.75) is 33.4 Å². The Kier molecular flexibility index (Phi) is 5.90. The highest BCUT2D eigenvalue weighted by atomic mass is 16.3. The number of amides is 2. The summed E-state index contributed by atoms with van der Waals surface area (Å²) in [6, 6.07) is 11.3. The Balaban J connectivity index is 1.70. The van der Waals surface area contributed by atoms with E-state index in [-0.39, 0.29) is 24.3 Å². The fourth-order valence-corrected chi connectivity index (χ4v) is 2.79. The number of aromatic nitrogens is 2. The quantitative estimate of drug-likeness (QED) is 0.638. The lowest BCUT2D eigenvalue weighted by Crippen LogP contribution is -2.31. The average molecular weight is 368 g/mol. The van der Waals surface area contributed by atoms with Crippen LogP contribution in [0.3, 0.4) is 0 Å². The van der Waals surface area contributed by atoms with Gasteiger partial charge in [0.2, 0.25) is 11.8 Å². The van der Waals surface area contributed by atoms with Gasteiger partial charge in [0, 0.05) is 18.9 Å². The van der Waals surface area contributed by atoms with E-state index in [0.717, 1.165) is 16.9 Å². The van der Waals surface area contributed by atoms with Crippen molar-refractivity contribution in [3.05, 3.63) is 54.2 Å². The van der Waals surface area contributed by atoms with Gasteiger partial charge >= 0.3 is 0 Å². The number of carbonyl (C=O) groups excluding carboxylic acids is 2. The molecule has 0 saturated carbocycles. The average Bonchev–Trinajstić information content (AvgIpc) is 3.28. The molecule has 1 aromatic carbocycles. The van der Waals surface area contributed by atoms with Crippen LogP contribution in [0.25, 0.3) is 11.0 Å². The third-order valence-corrected chi connectivity index (χ3v) is 4.25. The van der Waals surface area contributed by atoms with E-state index in [9.17, 15) is 9.59 Å². The van der Waals surface area contributed by atoms with Gasteiger partial charge < -0.3 is 19.6 Å². The Bertz CT molecular complexity index is 913. The molecule has 0 saturated heterocycles. The fourth-order valence-electron chi connectivity index (χ4n) is 2.79. The lowest BCUT2D eigenvalue weighted by Gasteiger charge is -2.11. The van der Waals surface area contributed by atoms with E-state index < -0.39 is 0 Å². The summed E-state index contributed by atoms with van der Waals surface area (Å²) >= 11 is 0. The van der Waals surface area contributed by atoms with E-state index in [0.29, 0.717) is 25.3 Å². The first-order valence-electron chi connectivity index (χ1n) is 9.05. The maximum Gasteiger partial charge on any atom is 0.240 e. The Morgan fingerprint density at radius 2 is 1.96 bits per heavy atom. The van der Waals surface area contributed by atoms with Crippen molar-refractivity contribution in [2.24, 2.45) is 5.92 Å². The van der Waals surface area contributed by atoms with Crippen molar-refractivity contribution in [1.29, 1.82) is 0 Å². The van der Waals surface area contributed by atoms with Crippen LogP contribution in [-0.2, 0) is 29.1 Å². The van der Waals surface area contributed by atoms with Crippen LogP contribution in [0.5, 0.6) is 0 Å². The van der Waals surface area contributed by atoms with Crippen molar-refractivity contribution in [3.63, 3.8) is 0 Å². The second-order valence-corrected chi connectivity index (χ2v) is 6.65. The predicted octanol–water partition coefficient (Wildman–Crippen LogP) is 2.26. The molecule has 0 spiro atoms. The molecule has 2 aromatic heterocycles. The molecule has 0 atom stereocenters. The summed E-state index contributed by atoms with van der Waals surface area (Å²) in [5.74, 6) is 1.30. The highest BCUT2D eigenvalue weighted by molar-refractivity contribution is 5.81. The van der Waals surface area contributed by atoms with Crippen molar-refractivity contribution in [2.75, 3.05) is 6.54 Å². The summed E-state index contributed by atoms with van der Waals surface area (Å²) in [6.45, 7) is 4.70. The highest BCUT2D eigenvalue weighted by Gasteiger charge is 2.14. The summed E-state index contributed by atoms with van der Waals surface area (Å²) in [4.78, 5) is 28.8. The molecule has 2 amide bonds. The Hall–Kier alpha value is -3.09.